The van der Waals surface area contributed by atoms with Gasteiger partial charge in [-0.3, -0.25) is 9.80 Å². The van der Waals surface area contributed by atoms with Crippen LogP contribution in [0.25, 0.3) is 0 Å². The molecule has 0 aliphatic rings. The Balaban J connectivity index is 2.51. The maximum atomic E-state index is 10.8. The summed E-state index contributed by atoms with van der Waals surface area (Å²) in [5.74, 6) is -0.170. The Kier molecular flexibility index (Phi) is 4.39. The number of ketones is 1. The maximum absolute atomic E-state index is 10.8. The van der Waals surface area contributed by atoms with Crippen molar-refractivity contribution in [3.63, 3.8) is 0 Å². The molecule has 0 fully saturated rings. The Morgan fingerprint density at radius 3 is 2.56 bits per heavy atom. The number of benzene rings is 1. The average Bonchev–Trinajstić information content (AvgIpc) is 2.27. The fraction of sp³-hybridized carbons (Fsp3) is 0.250. The van der Waals surface area contributed by atoms with E-state index < -0.39 is 0 Å². The Morgan fingerprint density at radius 1 is 1.38 bits per heavy atom. The Hall–Kier alpha value is -1.97. The van der Waals surface area contributed by atoms with Crippen LogP contribution in [-0.2, 0) is 11.3 Å². The monoisotopic (exact) mass is 217 g/mol. The van der Waals surface area contributed by atoms with E-state index in [0.29, 0.717) is 6.54 Å². The highest BCUT2D eigenvalue weighted by atomic mass is 16.1. The van der Waals surface area contributed by atoms with Gasteiger partial charge in [0.1, 0.15) is 5.70 Å². The highest BCUT2D eigenvalue weighted by molar-refractivity contribution is 5.91. The third-order valence-corrected chi connectivity index (χ3v) is 1.98. The number of rotatable bonds is 5. The summed E-state index contributed by atoms with van der Waals surface area (Å²) in [4.78, 5) is 10.8. The number of Topliss-reactive ketones (excluding diaryl/α,β-unsaturated/α-hetero) is 1. The zero-order chi connectivity index (χ0) is 12.0. The number of carbonyl (C=O) groups excluding carboxylic acids is 1. The number of hydrogen-bond acceptors (Lipinski definition) is 3. The second-order valence-electron chi connectivity index (χ2n) is 3.49. The Bertz CT molecular complexity index is 398. The molecule has 0 aliphatic carbocycles. The molecule has 16 heavy (non-hydrogen) atoms. The smallest absolute Gasteiger partial charge is 0.179 e. The van der Waals surface area contributed by atoms with Gasteiger partial charge in [0.25, 0.3) is 0 Å². The number of nitrogens with zero attached hydrogens (tertiary/aromatic N) is 3. The molecular formula is C12H15N3O. The van der Waals surface area contributed by atoms with Gasteiger partial charge in [0.05, 0.1) is 6.54 Å². The molecule has 84 valence electrons. The zero-order valence-corrected chi connectivity index (χ0v) is 9.55. The lowest BCUT2D eigenvalue weighted by atomic mass is 10.2. The minimum Gasteiger partial charge on any atom is -0.293 e. The summed E-state index contributed by atoms with van der Waals surface area (Å²) in [7, 11) is 1.80. The van der Waals surface area contributed by atoms with Crippen LogP contribution in [0.1, 0.15) is 12.5 Å². The van der Waals surface area contributed by atoms with Crippen LogP contribution in [-0.4, -0.2) is 17.8 Å². The summed E-state index contributed by atoms with van der Waals surface area (Å²) in [5, 5.41) is 9.26. The molecule has 0 spiro atoms. The summed E-state index contributed by atoms with van der Waals surface area (Å²) >= 11 is 0. The lowest BCUT2D eigenvalue weighted by Gasteiger charge is -2.10. The highest BCUT2D eigenvalue weighted by Crippen LogP contribution is 2.04. The van der Waals surface area contributed by atoms with Gasteiger partial charge in [-0.2, -0.15) is 0 Å². The minimum absolute atomic E-state index is 0.167. The van der Waals surface area contributed by atoms with Gasteiger partial charge in [-0.1, -0.05) is 42.1 Å². The highest BCUT2D eigenvalue weighted by Gasteiger charge is 1.99. The van der Waals surface area contributed by atoms with Crippen LogP contribution in [0.2, 0.25) is 0 Å². The SMILES string of the molecule is C=C(/N=N\N(C)Cc1ccccc1)C(C)=O. The Labute approximate surface area is 95.3 Å². The number of hydrogen-bond donors (Lipinski definition) is 0. The topological polar surface area (TPSA) is 45.0 Å². The molecule has 0 aromatic heterocycles. The minimum atomic E-state index is -0.170. The van der Waals surface area contributed by atoms with E-state index in [0.717, 1.165) is 5.56 Å². The van der Waals surface area contributed by atoms with Crippen molar-refractivity contribution in [3.05, 3.63) is 48.2 Å². The van der Waals surface area contributed by atoms with Crippen molar-refractivity contribution in [2.45, 2.75) is 13.5 Å². The zero-order valence-electron chi connectivity index (χ0n) is 9.55. The molecule has 1 aromatic carbocycles. The van der Waals surface area contributed by atoms with E-state index in [4.69, 9.17) is 0 Å². The maximum Gasteiger partial charge on any atom is 0.179 e. The summed E-state index contributed by atoms with van der Waals surface area (Å²) in [5.41, 5.74) is 1.30. The Morgan fingerprint density at radius 2 is 2.00 bits per heavy atom. The molecule has 1 rings (SSSR count). The molecule has 0 atom stereocenters. The van der Waals surface area contributed by atoms with Gasteiger partial charge < -0.3 is 0 Å². The molecule has 0 heterocycles. The predicted octanol–water partition coefficient (Wildman–Crippen LogP) is 2.59. The van der Waals surface area contributed by atoms with E-state index in [9.17, 15) is 4.79 Å². The second-order valence-corrected chi connectivity index (χ2v) is 3.49. The van der Waals surface area contributed by atoms with E-state index in [1.165, 1.54) is 6.92 Å². The van der Waals surface area contributed by atoms with Gasteiger partial charge in [-0.05, 0) is 5.56 Å². The lowest BCUT2D eigenvalue weighted by Crippen LogP contribution is -2.09. The summed E-state index contributed by atoms with van der Waals surface area (Å²) in [6, 6.07) is 9.91. The van der Waals surface area contributed by atoms with Crippen LogP contribution in [0.3, 0.4) is 0 Å². The normalized spacial score (nSPS) is 10.4. The van der Waals surface area contributed by atoms with Gasteiger partial charge in [-0.15, -0.1) is 5.11 Å². The van der Waals surface area contributed by atoms with Crippen molar-refractivity contribution in [1.29, 1.82) is 0 Å². The molecule has 4 nitrogen and oxygen atoms in total. The third-order valence-electron chi connectivity index (χ3n) is 1.98. The quantitative estimate of drug-likeness (QED) is 0.432. The molecule has 0 bridgehead atoms. The molecule has 0 saturated heterocycles. The molecule has 0 N–H and O–H groups in total. The molecule has 4 heteroatoms. The van der Waals surface area contributed by atoms with Crippen molar-refractivity contribution in [2.24, 2.45) is 10.3 Å². The summed E-state index contributed by atoms with van der Waals surface area (Å²) < 4.78 is 0. The third kappa shape index (κ3) is 4.04. The van der Waals surface area contributed by atoms with Crippen molar-refractivity contribution in [2.75, 3.05) is 7.05 Å². The molecule has 0 radical (unpaired) electrons. The second kappa shape index (κ2) is 5.80. The van der Waals surface area contributed by atoms with Crippen molar-refractivity contribution < 1.29 is 4.79 Å². The number of allylic oxidation sites excluding steroid dienone is 1. The van der Waals surface area contributed by atoms with Crippen LogP contribution in [0.5, 0.6) is 0 Å². The van der Waals surface area contributed by atoms with Crippen LogP contribution in [0.15, 0.2) is 52.9 Å². The first kappa shape index (κ1) is 12.1. The van der Waals surface area contributed by atoms with Gasteiger partial charge in [0.15, 0.2) is 5.78 Å². The lowest BCUT2D eigenvalue weighted by molar-refractivity contribution is -0.113. The van der Waals surface area contributed by atoms with Crippen molar-refractivity contribution >= 4 is 5.78 Å². The first-order chi connectivity index (χ1) is 7.59. The van der Waals surface area contributed by atoms with E-state index in [-0.39, 0.29) is 11.5 Å². The van der Waals surface area contributed by atoms with E-state index >= 15 is 0 Å². The van der Waals surface area contributed by atoms with Crippen molar-refractivity contribution in [3.8, 4) is 0 Å². The predicted molar refractivity (Wildman–Crippen MR) is 62.6 cm³/mol. The van der Waals surface area contributed by atoms with Gasteiger partial charge in [0, 0.05) is 14.0 Å². The fourth-order valence-corrected chi connectivity index (χ4v) is 1.08. The molecule has 0 aliphatic heterocycles. The van der Waals surface area contributed by atoms with Crippen LogP contribution in [0.4, 0.5) is 0 Å². The van der Waals surface area contributed by atoms with E-state index in [1.54, 1.807) is 12.1 Å². The van der Waals surface area contributed by atoms with E-state index in [1.807, 2.05) is 30.3 Å². The van der Waals surface area contributed by atoms with Crippen LogP contribution >= 0.6 is 0 Å². The number of carbonyl (C=O) groups is 1. The summed E-state index contributed by atoms with van der Waals surface area (Å²) in [6.07, 6.45) is 0. The average molecular weight is 217 g/mol. The standard InChI is InChI=1S/C12H15N3O/c1-10(11(2)16)13-14-15(3)9-12-7-5-4-6-8-12/h4-8H,1,9H2,2-3H3/b14-13-. The fourth-order valence-electron chi connectivity index (χ4n) is 1.08. The molecule has 1 aromatic rings. The van der Waals surface area contributed by atoms with E-state index in [2.05, 4.69) is 16.9 Å². The summed E-state index contributed by atoms with van der Waals surface area (Å²) in [6.45, 7) is 5.56. The van der Waals surface area contributed by atoms with Crippen LogP contribution < -0.4 is 0 Å². The molecule has 0 saturated carbocycles. The first-order valence-electron chi connectivity index (χ1n) is 4.96. The molecular weight excluding hydrogens is 202 g/mol. The molecule has 0 amide bonds. The van der Waals surface area contributed by atoms with Crippen molar-refractivity contribution in [1.82, 2.24) is 5.01 Å². The largest absolute Gasteiger partial charge is 0.293 e. The first-order valence-corrected chi connectivity index (χ1v) is 4.96. The van der Waals surface area contributed by atoms with Gasteiger partial charge in [-0.25, -0.2) is 0 Å². The molecule has 0 unspecified atom stereocenters. The van der Waals surface area contributed by atoms with Gasteiger partial charge in [0.2, 0.25) is 0 Å². The van der Waals surface area contributed by atoms with Crippen LogP contribution in [0, 0.1) is 0 Å². The van der Waals surface area contributed by atoms with Gasteiger partial charge >= 0.3 is 0 Å².